The van der Waals surface area contributed by atoms with Crippen molar-refractivity contribution in [3.05, 3.63) is 48.8 Å². The van der Waals surface area contributed by atoms with Crippen LogP contribution in [0, 0.1) is 0 Å². The molecule has 0 aliphatic rings. The number of pyridine rings is 1. The van der Waals surface area contributed by atoms with Crippen LogP contribution in [0.5, 0.6) is 5.75 Å². The van der Waals surface area contributed by atoms with E-state index in [4.69, 9.17) is 9.47 Å². The molecular weight excluding hydrogens is 368 g/mol. The van der Waals surface area contributed by atoms with Gasteiger partial charge in [-0.3, -0.25) is 4.79 Å². The Balaban J connectivity index is 1.75. The van der Waals surface area contributed by atoms with Gasteiger partial charge in [-0.15, -0.1) is 0 Å². The minimum atomic E-state index is -0.0628. The number of hydrogen-bond acceptors (Lipinski definition) is 4. The maximum Gasteiger partial charge on any atom is 0.240 e. The van der Waals surface area contributed by atoms with Crippen molar-refractivity contribution in [2.75, 3.05) is 20.8 Å². The number of amides is 1. The number of nitrogens with one attached hydrogen (secondary N) is 2. The number of hydrogen-bond donors (Lipinski definition) is 2. The van der Waals surface area contributed by atoms with Gasteiger partial charge in [0.15, 0.2) is 0 Å². The van der Waals surface area contributed by atoms with Crippen molar-refractivity contribution in [1.82, 2.24) is 19.9 Å². The van der Waals surface area contributed by atoms with Crippen molar-refractivity contribution in [3.63, 3.8) is 0 Å². The average Bonchev–Trinajstić information content (AvgIpc) is 3.29. The third kappa shape index (κ3) is 3.82. The highest BCUT2D eigenvalue weighted by atomic mass is 16.5. The number of aromatic nitrogens is 3. The first-order valence-electron chi connectivity index (χ1n) is 9.48. The monoisotopic (exact) mass is 392 g/mol. The lowest BCUT2D eigenvalue weighted by Gasteiger charge is -2.13. The highest BCUT2D eigenvalue weighted by molar-refractivity contribution is 5.99. The highest BCUT2D eigenvalue weighted by Gasteiger charge is 2.16. The number of rotatable bonds is 7. The fourth-order valence-corrected chi connectivity index (χ4v) is 3.62. The Morgan fingerprint density at radius 3 is 2.90 bits per heavy atom. The number of carbonyl (C=O) groups is 1. The summed E-state index contributed by atoms with van der Waals surface area (Å²) in [5, 5.41) is 5.01. The number of ether oxygens (including phenoxy) is 2. The summed E-state index contributed by atoms with van der Waals surface area (Å²) in [4.78, 5) is 20.3. The molecule has 7 heteroatoms. The molecule has 1 atom stereocenters. The van der Waals surface area contributed by atoms with E-state index in [2.05, 4.69) is 21.4 Å². The zero-order valence-electron chi connectivity index (χ0n) is 16.7. The molecule has 0 saturated carbocycles. The number of benzene rings is 1. The molecule has 3 heterocycles. The molecule has 7 nitrogen and oxygen atoms in total. The van der Waals surface area contributed by atoms with Gasteiger partial charge in [-0.25, -0.2) is 4.98 Å². The number of H-pyrrole nitrogens is 1. The van der Waals surface area contributed by atoms with E-state index in [1.165, 1.54) is 0 Å². The minimum absolute atomic E-state index is 0.0475. The van der Waals surface area contributed by atoms with Crippen molar-refractivity contribution < 1.29 is 14.3 Å². The second-order valence-corrected chi connectivity index (χ2v) is 7.10. The predicted molar refractivity (Wildman–Crippen MR) is 113 cm³/mol. The van der Waals surface area contributed by atoms with Gasteiger partial charge < -0.3 is 24.3 Å². The van der Waals surface area contributed by atoms with Crippen LogP contribution in [0.3, 0.4) is 0 Å². The Bertz CT molecular complexity index is 1130. The third-order valence-corrected chi connectivity index (χ3v) is 4.91. The molecule has 0 spiro atoms. The van der Waals surface area contributed by atoms with Crippen LogP contribution in [0.25, 0.3) is 33.2 Å². The SMILES string of the molecule is COCC(C)NC(=O)Cn1cc(-c2cc3cccnc3[nH]2)c2cc(OC)ccc21. The van der Waals surface area contributed by atoms with Gasteiger partial charge in [0.2, 0.25) is 5.91 Å². The number of fused-ring (bicyclic) bond motifs is 2. The summed E-state index contributed by atoms with van der Waals surface area (Å²) in [5.41, 5.74) is 3.73. The molecule has 4 rings (SSSR count). The molecule has 4 aromatic rings. The van der Waals surface area contributed by atoms with Gasteiger partial charge in [-0.2, -0.15) is 0 Å². The summed E-state index contributed by atoms with van der Waals surface area (Å²) in [6.45, 7) is 2.61. The summed E-state index contributed by atoms with van der Waals surface area (Å²) in [5.74, 6) is 0.705. The van der Waals surface area contributed by atoms with Crippen molar-refractivity contribution in [1.29, 1.82) is 0 Å². The van der Waals surface area contributed by atoms with E-state index >= 15 is 0 Å². The van der Waals surface area contributed by atoms with Crippen LogP contribution in [-0.2, 0) is 16.1 Å². The maximum absolute atomic E-state index is 12.5. The molecule has 0 radical (unpaired) electrons. The Morgan fingerprint density at radius 2 is 2.14 bits per heavy atom. The Labute approximate surface area is 168 Å². The topological polar surface area (TPSA) is 81.2 Å². The predicted octanol–water partition coefficient (Wildman–Crippen LogP) is 3.34. The second kappa shape index (κ2) is 7.97. The zero-order valence-corrected chi connectivity index (χ0v) is 16.7. The summed E-state index contributed by atoms with van der Waals surface area (Å²) in [6.07, 6.45) is 3.76. The molecule has 1 amide bonds. The second-order valence-electron chi connectivity index (χ2n) is 7.10. The molecule has 0 saturated heterocycles. The van der Waals surface area contributed by atoms with E-state index in [-0.39, 0.29) is 18.5 Å². The number of nitrogens with zero attached hydrogens (tertiary/aromatic N) is 2. The van der Waals surface area contributed by atoms with Gasteiger partial charge in [0.25, 0.3) is 0 Å². The zero-order chi connectivity index (χ0) is 20.4. The van der Waals surface area contributed by atoms with E-state index in [1.54, 1.807) is 20.4 Å². The normalized spacial score (nSPS) is 12.4. The number of aromatic amines is 1. The maximum atomic E-state index is 12.5. The van der Waals surface area contributed by atoms with Crippen LogP contribution in [0.1, 0.15) is 6.92 Å². The third-order valence-electron chi connectivity index (χ3n) is 4.91. The molecule has 3 aromatic heterocycles. The fourth-order valence-electron chi connectivity index (χ4n) is 3.62. The van der Waals surface area contributed by atoms with Crippen LogP contribution in [-0.4, -0.2) is 47.3 Å². The van der Waals surface area contributed by atoms with E-state index in [0.29, 0.717) is 6.61 Å². The van der Waals surface area contributed by atoms with E-state index < -0.39 is 0 Å². The number of methoxy groups -OCH3 is 2. The smallest absolute Gasteiger partial charge is 0.240 e. The van der Waals surface area contributed by atoms with E-state index in [9.17, 15) is 4.79 Å². The molecular formula is C22H24N4O3. The first-order valence-corrected chi connectivity index (χ1v) is 9.48. The largest absolute Gasteiger partial charge is 0.497 e. The molecule has 0 fully saturated rings. The van der Waals surface area contributed by atoms with Gasteiger partial charge in [0.1, 0.15) is 17.9 Å². The van der Waals surface area contributed by atoms with Crippen molar-refractivity contribution >= 4 is 27.8 Å². The van der Waals surface area contributed by atoms with Crippen molar-refractivity contribution in [2.24, 2.45) is 0 Å². The fraction of sp³-hybridized carbons (Fsp3) is 0.273. The van der Waals surface area contributed by atoms with Gasteiger partial charge in [-0.1, -0.05) is 0 Å². The Morgan fingerprint density at radius 1 is 1.28 bits per heavy atom. The molecule has 0 aliphatic heterocycles. The Hall–Kier alpha value is -3.32. The molecule has 150 valence electrons. The van der Waals surface area contributed by atoms with Gasteiger partial charge in [0, 0.05) is 53.1 Å². The minimum Gasteiger partial charge on any atom is -0.497 e. The molecule has 0 aliphatic carbocycles. The molecule has 29 heavy (non-hydrogen) atoms. The van der Waals surface area contributed by atoms with Crippen molar-refractivity contribution in [2.45, 2.75) is 19.5 Å². The van der Waals surface area contributed by atoms with Gasteiger partial charge in [-0.05, 0) is 43.3 Å². The van der Waals surface area contributed by atoms with Crippen LogP contribution in [0.2, 0.25) is 0 Å². The van der Waals surface area contributed by atoms with Crippen molar-refractivity contribution in [3.8, 4) is 17.0 Å². The quantitative estimate of drug-likeness (QED) is 0.505. The van der Waals surface area contributed by atoms with E-state index in [1.807, 2.05) is 48.0 Å². The van der Waals surface area contributed by atoms with Gasteiger partial charge >= 0.3 is 0 Å². The summed E-state index contributed by atoms with van der Waals surface area (Å²) in [7, 11) is 3.27. The first-order chi connectivity index (χ1) is 14.1. The van der Waals surface area contributed by atoms with Crippen LogP contribution in [0.15, 0.2) is 48.8 Å². The van der Waals surface area contributed by atoms with Gasteiger partial charge in [0.05, 0.1) is 13.7 Å². The first kappa shape index (κ1) is 19.0. The average molecular weight is 392 g/mol. The molecule has 1 aromatic carbocycles. The van der Waals surface area contributed by atoms with Crippen LogP contribution in [0.4, 0.5) is 0 Å². The summed E-state index contributed by atoms with van der Waals surface area (Å²) < 4.78 is 12.5. The standard InChI is InChI=1S/C22H24N4O3/c1-14(13-28-2)24-21(27)12-26-11-18(17-10-16(29-3)6-7-20(17)26)19-9-15-5-4-8-23-22(15)25-19/h4-11,14H,12-13H2,1-3H3,(H,23,25)(H,24,27). The summed E-state index contributed by atoms with van der Waals surface area (Å²) in [6, 6.07) is 11.8. The molecule has 2 N–H and O–H groups in total. The lowest BCUT2D eigenvalue weighted by Crippen LogP contribution is -2.37. The summed E-state index contributed by atoms with van der Waals surface area (Å²) >= 11 is 0. The lowest BCUT2D eigenvalue weighted by atomic mass is 10.1. The Kier molecular flexibility index (Phi) is 5.22. The highest BCUT2D eigenvalue weighted by Crippen LogP contribution is 2.34. The lowest BCUT2D eigenvalue weighted by molar-refractivity contribution is -0.122. The van der Waals surface area contributed by atoms with Crippen LogP contribution >= 0.6 is 0 Å². The van der Waals surface area contributed by atoms with Crippen LogP contribution < -0.4 is 10.1 Å². The molecule has 0 bridgehead atoms. The number of carbonyl (C=O) groups excluding carboxylic acids is 1. The molecule has 1 unspecified atom stereocenters. The van der Waals surface area contributed by atoms with E-state index in [0.717, 1.165) is 38.9 Å².